The summed E-state index contributed by atoms with van der Waals surface area (Å²) >= 11 is 0. The maximum absolute atomic E-state index is 4.80. The van der Waals surface area contributed by atoms with Gasteiger partial charge in [0.2, 0.25) is 0 Å². The van der Waals surface area contributed by atoms with Crippen LogP contribution in [0.2, 0.25) is 19.6 Å². The zero-order chi connectivity index (χ0) is 32.7. The first-order valence-corrected chi connectivity index (χ1v) is 19.6. The largest absolute Gasteiger partial charge is 0.305 e. The Hall–Kier alpha value is -3.95. The van der Waals surface area contributed by atoms with E-state index >= 15 is 0 Å². The van der Waals surface area contributed by atoms with Gasteiger partial charge in [-0.05, 0) is 45.1 Å². The van der Waals surface area contributed by atoms with Crippen LogP contribution in [0, 0.1) is 12.1 Å². The average molecular weight is 809 g/mol. The number of hydrogen-bond acceptors (Lipinski definition) is 2. The molecule has 6 aromatic rings. The Balaban J connectivity index is 0.000000211. The SMILES string of the molecule is CC(C)(c1ccccc1)c1cc[c-]c(-c2ccccn2)c1.CC(C)c1cc(-c2[c-]ccc(-c3ccccc3)c2)ncc1[Si](C)(C)C.[Ir]. The summed E-state index contributed by atoms with van der Waals surface area (Å²) in [6.07, 6.45) is 3.93. The molecule has 0 fully saturated rings. The van der Waals surface area contributed by atoms with E-state index in [-0.39, 0.29) is 25.5 Å². The number of hydrogen-bond donors (Lipinski definition) is 0. The molecule has 4 aromatic carbocycles. The van der Waals surface area contributed by atoms with Crippen molar-refractivity contribution in [3.63, 3.8) is 0 Å². The fourth-order valence-electron chi connectivity index (χ4n) is 5.69. The minimum atomic E-state index is -1.40. The van der Waals surface area contributed by atoms with Crippen LogP contribution in [-0.4, -0.2) is 18.0 Å². The van der Waals surface area contributed by atoms with E-state index in [2.05, 4.69) is 156 Å². The molecular weight excluding hydrogens is 765 g/mol. The molecule has 0 saturated carbocycles. The van der Waals surface area contributed by atoms with Gasteiger partial charge in [-0.1, -0.05) is 132 Å². The predicted octanol–water partition coefficient (Wildman–Crippen LogP) is 10.8. The minimum Gasteiger partial charge on any atom is -0.305 e. The second kappa shape index (κ2) is 15.8. The van der Waals surface area contributed by atoms with Crippen LogP contribution in [0.4, 0.5) is 0 Å². The van der Waals surface area contributed by atoms with Gasteiger partial charge in [0.15, 0.2) is 0 Å². The third-order valence-electron chi connectivity index (χ3n) is 8.51. The molecule has 0 unspecified atom stereocenters. The van der Waals surface area contributed by atoms with E-state index in [0.717, 1.165) is 22.5 Å². The maximum atomic E-state index is 4.80. The van der Waals surface area contributed by atoms with Crippen molar-refractivity contribution < 1.29 is 20.1 Å². The van der Waals surface area contributed by atoms with Gasteiger partial charge in [-0.25, -0.2) is 0 Å². The molecule has 0 aliphatic heterocycles. The fourth-order valence-corrected chi connectivity index (χ4v) is 7.37. The van der Waals surface area contributed by atoms with Crippen molar-refractivity contribution in [2.45, 2.75) is 58.7 Å². The number of aromatic nitrogens is 2. The normalized spacial score (nSPS) is 11.3. The van der Waals surface area contributed by atoms with Crippen molar-refractivity contribution in [3.8, 4) is 33.6 Å². The Morgan fingerprint density at radius 1 is 0.617 bits per heavy atom. The van der Waals surface area contributed by atoms with E-state index < -0.39 is 8.07 Å². The molecule has 2 heterocycles. The van der Waals surface area contributed by atoms with Gasteiger partial charge in [0.1, 0.15) is 0 Å². The quantitative estimate of drug-likeness (QED) is 0.119. The van der Waals surface area contributed by atoms with Crippen LogP contribution in [0.5, 0.6) is 0 Å². The van der Waals surface area contributed by atoms with Crippen LogP contribution < -0.4 is 5.19 Å². The summed E-state index contributed by atoms with van der Waals surface area (Å²) in [5.41, 5.74) is 10.5. The van der Waals surface area contributed by atoms with Crippen LogP contribution in [-0.2, 0) is 25.5 Å². The van der Waals surface area contributed by atoms with Gasteiger partial charge < -0.3 is 9.97 Å². The molecule has 0 aliphatic rings. The standard InChI is InChI=1S/C23H26NSi.C20H18N.Ir/c1-17(2)21-15-22(24-16-23(21)25(3,4)5)20-13-9-12-19(14-20)18-10-7-6-8-11-18;1-20(2,17-10-4-3-5-11-17)18-12-8-9-16(15-18)19-13-6-7-14-21-19;/h6-12,14-17H,1-5H3;3-8,10-15H,1-2H3;/q2*-1;. The Morgan fingerprint density at radius 2 is 1.23 bits per heavy atom. The van der Waals surface area contributed by atoms with Crippen molar-refractivity contribution in [1.29, 1.82) is 0 Å². The molecule has 0 bridgehead atoms. The Morgan fingerprint density at radius 3 is 1.85 bits per heavy atom. The topological polar surface area (TPSA) is 25.8 Å². The van der Waals surface area contributed by atoms with Crippen molar-refractivity contribution in [1.82, 2.24) is 9.97 Å². The summed E-state index contributed by atoms with van der Waals surface area (Å²) in [6.45, 7) is 16.2. The molecule has 2 nitrogen and oxygen atoms in total. The predicted molar refractivity (Wildman–Crippen MR) is 198 cm³/mol. The number of benzene rings is 4. The van der Waals surface area contributed by atoms with Gasteiger partial charge in [0, 0.05) is 32.5 Å². The maximum Gasteiger partial charge on any atom is 0.0799 e. The van der Waals surface area contributed by atoms with E-state index in [1.807, 2.05) is 42.6 Å². The Kier molecular flexibility index (Phi) is 12.0. The summed E-state index contributed by atoms with van der Waals surface area (Å²) in [5, 5.41) is 1.46. The van der Waals surface area contributed by atoms with Crippen LogP contribution in [0.1, 0.15) is 50.3 Å². The molecule has 241 valence electrons. The van der Waals surface area contributed by atoms with Crippen molar-refractivity contribution >= 4 is 13.3 Å². The molecule has 4 heteroatoms. The van der Waals surface area contributed by atoms with Gasteiger partial charge in [-0.3, -0.25) is 0 Å². The molecule has 0 aliphatic carbocycles. The minimum absolute atomic E-state index is 0. The second-order valence-corrected chi connectivity index (χ2v) is 18.7. The summed E-state index contributed by atoms with van der Waals surface area (Å²) in [7, 11) is -1.40. The van der Waals surface area contributed by atoms with Crippen LogP contribution in [0.15, 0.2) is 134 Å². The molecule has 1 radical (unpaired) electrons. The van der Waals surface area contributed by atoms with Gasteiger partial charge >= 0.3 is 0 Å². The van der Waals surface area contributed by atoms with E-state index in [9.17, 15) is 0 Å². The van der Waals surface area contributed by atoms with E-state index in [0.29, 0.717) is 5.92 Å². The van der Waals surface area contributed by atoms with Crippen LogP contribution in [0.3, 0.4) is 0 Å². The van der Waals surface area contributed by atoms with E-state index in [1.165, 1.54) is 33.0 Å². The summed E-state index contributed by atoms with van der Waals surface area (Å²) in [4.78, 5) is 9.21. The molecule has 47 heavy (non-hydrogen) atoms. The third kappa shape index (κ3) is 8.90. The fraction of sp³-hybridized carbons (Fsp3) is 0.209. The first-order chi connectivity index (χ1) is 22.0. The molecule has 0 saturated heterocycles. The summed E-state index contributed by atoms with van der Waals surface area (Å²) < 4.78 is 0. The summed E-state index contributed by atoms with van der Waals surface area (Å²) in [6, 6.07) is 48.6. The zero-order valence-corrected chi connectivity index (χ0v) is 31.9. The van der Waals surface area contributed by atoms with Crippen LogP contribution >= 0.6 is 0 Å². The van der Waals surface area contributed by atoms with Crippen molar-refractivity contribution in [2.24, 2.45) is 0 Å². The monoisotopic (exact) mass is 809 g/mol. The Labute approximate surface area is 296 Å². The number of rotatable bonds is 7. The zero-order valence-electron chi connectivity index (χ0n) is 28.5. The second-order valence-electron chi connectivity index (χ2n) is 13.6. The van der Waals surface area contributed by atoms with E-state index in [4.69, 9.17) is 4.98 Å². The first-order valence-electron chi connectivity index (χ1n) is 16.1. The summed E-state index contributed by atoms with van der Waals surface area (Å²) in [5.74, 6) is 0.501. The Bertz CT molecular complexity index is 1860. The number of nitrogens with zero attached hydrogens (tertiary/aromatic N) is 2. The van der Waals surface area contributed by atoms with Crippen LogP contribution in [0.25, 0.3) is 33.6 Å². The third-order valence-corrected chi connectivity index (χ3v) is 10.5. The molecule has 0 spiro atoms. The molecule has 0 atom stereocenters. The van der Waals surface area contributed by atoms with Gasteiger partial charge in [-0.15, -0.1) is 70.8 Å². The van der Waals surface area contributed by atoms with Gasteiger partial charge in [0.05, 0.1) is 8.07 Å². The molecule has 0 N–H and O–H groups in total. The first kappa shape index (κ1) is 35.9. The van der Waals surface area contributed by atoms with Crippen molar-refractivity contribution in [3.05, 3.63) is 163 Å². The average Bonchev–Trinajstić information content (AvgIpc) is 3.09. The molecule has 0 amide bonds. The molecular formula is C43H44IrN2Si-2. The van der Waals surface area contributed by atoms with Crippen molar-refractivity contribution in [2.75, 3.05) is 0 Å². The smallest absolute Gasteiger partial charge is 0.0799 e. The van der Waals surface area contributed by atoms with E-state index in [1.54, 1.807) is 0 Å². The van der Waals surface area contributed by atoms with Gasteiger partial charge in [-0.2, -0.15) is 0 Å². The number of pyridine rings is 2. The molecule has 6 rings (SSSR count). The van der Waals surface area contributed by atoms with Gasteiger partial charge in [0.25, 0.3) is 0 Å². The molecule has 2 aromatic heterocycles.